The molecular formula is C9H10N2. The molecule has 0 atom stereocenters. The van der Waals surface area contributed by atoms with Crippen LogP contribution in [0.5, 0.6) is 0 Å². The van der Waals surface area contributed by atoms with Gasteiger partial charge >= 0.3 is 0 Å². The van der Waals surface area contributed by atoms with Gasteiger partial charge in [0.25, 0.3) is 0 Å². The third-order valence-corrected chi connectivity index (χ3v) is 1.89. The van der Waals surface area contributed by atoms with E-state index >= 15 is 0 Å². The Hall–Kier alpha value is -1.18. The van der Waals surface area contributed by atoms with Crippen LogP contribution in [0.25, 0.3) is 5.57 Å². The van der Waals surface area contributed by atoms with Gasteiger partial charge < -0.3 is 0 Å². The standard InChI is InChI=1S/C9H10N2/c1-2-5-8(4-1)9-10-6-3-7-11-9/h3-4,6-7H,1-2,5H2. The van der Waals surface area contributed by atoms with Crippen molar-refractivity contribution in [2.75, 3.05) is 0 Å². The Balaban J connectivity index is 2.29. The van der Waals surface area contributed by atoms with Gasteiger partial charge in [0.05, 0.1) is 0 Å². The molecule has 0 N–H and O–H groups in total. The second-order valence-electron chi connectivity index (χ2n) is 2.69. The third-order valence-electron chi connectivity index (χ3n) is 1.89. The van der Waals surface area contributed by atoms with E-state index in [-0.39, 0.29) is 0 Å². The van der Waals surface area contributed by atoms with E-state index in [0.717, 1.165) is 12.2 Å². The van der Waals surface area contributed by atoms with Crippen molar-refractivity contribution >= 4 is 5.57 Å². The van der Waals surface area contributed by atoms with Gasteiger partial charge in [-0.05, 0) is 30.9 Å². The first kappa shape index (κ1) is 6.53. The minimum absolute atomic E-state index is 0.907. The molecule has 1 aliphatic rings. The van der Waals surface area contributed by atoms with Crippen molar-refractivity contribution in [1.82, 2.24) is 9.97 Å². The fourth-order valence-corrected chi connectivity index (χ4v) is 1.34. The summed E-state index contributed by atoms with van der Waals surface area (Å²) in [6.45, 7) is 0. The van der Waals surface area contributed by atoms with Gasteiger partial charge in [-0.2, -0.15) is 0 Å². The molecule has 1 aliphatic carbocycles. The Morgan fingerprint density at radius 2 is 2.00 bits per heavy atom. The van der Waals surface area contributed by atoms with Crippen LogP contribution in [0.3, 0.4) is 0 Å². The van der Waals surface area contributed by atoms with Crippen LogP contribution in [0, 0.1) is 0 Å². The van der Waals surface area contributed by atoms with Crippen LogP contribution in [0.1, 0.15) is 25.1 Å². The van der Waals surface area contributed by atoms with Crippen LogP contribution >= 0.6 is 0 Å². The maximum Gasteiger partial charge on any atom is 0.154 e. The fraction of sp³-hybridized carbons (Fsp3) is 0.333. The van der Waals surface area contributed by atoms with Crippen molar-refractivity contribution in [3.8, 4) is 0 Å². The van der Waals surface area contributed by atoms with Gasteiger partial charge in [-0.1, -0.05) is 6.08 Å². The van der Waals surface area contributed by atoms with Crippen LogP contribution in [-0.4, -0.2) is 9.97 Å². The summed E-state index contributed by atoms with van der Waals surface area (Å²) in [7, 11) is 0. The summed E-state index contributed by atoms with van der Waals surface area (Å²) >= 11 is 0. The molecule has 11 heavy (non-hydrogen) atoms. The molecule has 1 aromatic rings. The Morgan fingerprint density at radius 3 is 2.64 bits per heavy atom. The van der Waals surface area contributed by atoms with E-state index < -0.39 is 0 Å². The minimum Gasteiger partial charge on any atom is -0.237 e. The molecule has 0 aliphatic heterocycles. The van der Waals surface area contributed by atoms with Gasteiger partial charge in [0.2, 0.25) is 0 Å². The summed E-state index contributed by atoms with van der Waals surface area (Å²) in [4.78, 5) is 8.36. The summed E-state index contributed by atoms with van der Waals surface area (Å²) in [5.74, 6) is 0.907. The van der Waals surface area contributed by atoms with Crippen molar-refractivity contribution in [3.63, 3.8) is 0 Å². The lowest BCUT2D eigenvalue weighted by Gasteiger charge is -1.96. The summed E-state index contributed by atoms with van der Waals surface area (Å²) in [6.07, 6.45) is 9.41. The molecule has 0 saturated heterocycles. The molecule has 2 heteroatoms. The first-order chi connectivity index (χ1) is 5.47. The highest BCUT2D eigenvalue weighted by molar-refractivity contribution is 5.61. The summed E-state index contributed by atoms with van der Waals surface area (Å²) in [5, 5.41) is 0. The van der Waals surface area contributed by atoms with Gasteiger partial charge in [0.15, 0.2) is 5.82 Å². The molecule has 0 aromatic carbocycles. The molecule has 2 rings (SSSR count). The van der Waals surface area contributed by atoms with E-state index in [0.29, 0.717) is 0 Å². The minimum atomic E-state index is 0.907. The van der Waals surface area contributed by atoms with Gasteiger partial charge in [-0.15, -0.1) is 0 Å². The highest BCUT2D eigenvalue weighted by Crippen LogP contribution is 2.24. The van der Waals surface area contributed by atoms with Crippen molar-refractivity contribution in [1.29, 1.82) is 0 Å². The highest BCUT2D eigenvalue weighted by atomic mass is 14.9. The quantitative estimate of drug-likeness (QED) is 0.606. The number of aromatic nitrogens is 2. The van der Waals surface area contributed by atoms with Crippen LogP contribution in [0.4, 0.5) is 0 Å². The summed E-state index contributed by atoms with van der Waals surface area (Å²) in [5.41, 5.74) is 1.31. The van der Waals surface area contributed by atoms with Crippen LogP contribution in [0.2, 0.25) is 0 Å². The highest BCUT2D eigenvalue weighted by Gasteiger charge is 2.07. The average Bonchev–Trinajstić information content (AvgIpc) is 2.58. The number of nitrogens with zero attached hydrogens (tertiary/aromatic N) is 2. The van der Waals surface area contributed by atoms with Crippen LogP contribution in [-0.2, 0) is 0 Å². The molecule has 0 bridgehead atoms. The van der Waals surface area contributed by atoms with E-state index in [1.54, 1.807) is 12.4 Å². The lowest BCUT2D eigenvalue weighted by atomic mass is 10.2. The molecule has 0 spiro atoms. The summed E-state index contributed by atoms with van der Waals surface area (Å²) in [6, 6.07) is 1.85. The molecular weight excluding hydrogens is 136 g/mol. The molecule has 1 heterocycles. The van der Waals surface area contributed by atoms with Crippen LogP contribution < -0.4 is 0 Å². The van der Waals surface area contributed by atoms with Gasteiger partial charge in [0.1, 0.15) is 0 Å². The Bertz CT molecular complexity index is 264. The molecule has 0 amide bonds. The average molecular weight is 146 g/mol. The molecule has 0 fully saturated rings. The SMILES string of the molecule is C1=C(c2ncccn2)CCC1. The van der Waals surface area contributed by atoms with E-state index in [4.69, 9.17) is 0 Å². The van der Waals surface area contributed by atoms with E-state index in [1.165, 1.54) is 18.4 Å². The maximum atomic E-state index is 4.18. The second-order valence-corrected chi connectivity index (χ2v) is 2.69. The Labute approximate surface area is 66.0 Å². The lowest BCUT2D eigenvalue weighted by Crippen LogP contribution is -1.89. The Morgan fingerprint density at radius 1 is 1.18 bits per heavy atom. The van der Waals surface area contributed by atoms with Crippen molar-refractivity contribution in [3.05, 3.63) is 30.4 Å². The fourth-order valence-electron chi connectivity index (χ4n) is 1.34. The van der Waals surface area contributed by atoms with E-state index in [1.807, 2.05) is 6.07 Å². The first-order valence-electron chi connectivity index (χ1n) is 3.93. The van der Waals surface area contributed by atoms with E-state index in [9.17, 15) is 0 Å². The van der Waals surface area contributed by atoms with E-state index in [2.05, 4.69) is 16.0 Å². The maximum absolute atomic E-state index is 4.18. The number of hydrogen-bond donors (Lipinski definition) is 0. The topological polar surface area (TPSA) is 25.8 Å². The van der Waals surface area contributed by atoms with Crippen molar-refractivity contribution < 1.29 is 0 Å². The van der Waals surface area contributed by atoms with Gasteiger partial charge in [-0.25, -0.2) is 9.97 Å². The number of hydrogen-bond acceptors (Lipinski definition) is 2. The predicted molar refractivity (Wildman–Crippen MR) is 43.9 cm³/mol. The third kappa shape index (κ3) is 1.29. The summed E-state index contributed by atoms with van der Waals surface area (Å²) < 4.78 is 0. The number of rotatable bonds is 1. The zero-order chi connectivity index (χ0) is 7.52. The van der Waals surface area contributed by atoms with Crippen LogP contribution in [0.15, 0.2) is 24.5 Å². The smallest absolute Gasteiger partial charge is 0.154 e. The molecule has 1 aromatic heterocycles. The number of allylic oxidation sites excluding steroid dienone is 2. The zero-order valence-corrected chi connectivity index (χ0v) is 6.33. The monoisotopic (exact) mass is 146 g/mol. The van der Waals surface area contributed by atoms with Crippen molar-refractivity contribution in [2.45, 2.75) is 19.3 Å². The second kappa shape index (κ2) is 2.82. The Kier molecular flexibility index (Phi) is 1.68. The molecule has 2 nitrogen and oxygen atoms in total. The lowest BCUT2D eigenvalue weighted by molar-refractivity contribution is 0.927. The largest absolute Gasteiger partial charge is 0.237 e. The predicted octanol–water partition coefficient (Wildman–Crippen LogP) is 2.04. The van der Waals surface area contributed by atoms with Gasteiger partial charge in [0, 0.05) is 12.4 Å². The molecule has 0 unspecified atom stereocenters. The normalized spacial score (nSPS) is 16.5. The first-order valence-corrected chi connectivity index (χ1v) is 3.93. The molecule has 0 radical (unpaired) electrons. The molecule has 0 saturated carbocycles. The van der Waals surface area contributed by atoms with Gasteiger partial charge in [-0.3, -0.25) is 0 Å². The van der Waals surface area contributed by atoms with Crippen molar-refractivity contribution in [2.24, 2.45) is 0 Å². The zero-order valence-electron chi connectivity index (χ0n) is 6.33. The molecule has 56 valence electrons.